The van der Waals surface area contributed by atoms with Crippen molar-refractivity contribution in [2.24, 2.45) is 5.73 Å². The fraction of sp³-hybridized carbons (Fsp3) is 0.667. The molecule has 0 spiro atoms. The summed E-state index contributed by atoms with van der Waals surface area (Å²) in [5, 5.41) is 4.24. The van der Waals surface area contributed by atoms with E-state index >= 15 is 0 Å². The van der Waals surface area contributed by atoms with E-state index in [0.717, 1.165) is 25.1 Å². The zero-order chi connectivity index (χ0) is 9.68. The molecule has 1 aromatic rings. The molecule has 0 saturated carbocycles. The van der Waals surface area contributed by atoms with Crippen LogP contribution in [0.4, 0.5) is 0 Å². The number of nitrogens with two attached hydrogens (primary N) is 1. The molecule has 13 heavy (non-hydrogen) atoms. The lowest BCUT2D eigenvalue weighted by molar-refractivity contribution is 0.188. The maximum absolute atomic E-state index is 5.54. The van der Waals surface area contributed by atoms with E-state index in [1.807, 2.05) is 17.8 Å². The van der Waals surface area contributed by atoms with Crippen molar-refractivity contribution in [1.82, 2.24) is 9.78 Å². The molecule has 0 atom stereocenters. The average molecular weight is 183 g/mol. The monoisotopic (exact) mass is 183 g/mol. The summed E-state index contributed by atoms with van der Waals surface area (Å²) in [4.78, 5) is 0. The number of methoxy groups -OCH3 is 1. The number of ether oxygens (including phenoxy) is 1. The van der Waals surface area contributed by atoms with Gasteiger partial charge in [-0.15, -0.1) is 0 Å². The third-order valence-corrected chi connectivity index (χ3v) is 2.14. The molecule has 0 aromatic carbocycles. The largest absolute Gasteiger partial charge is 0.385 e. The predicted octanol–water partition coefficient (Wildman–Crippen LogP) is 0.687. The van der Waals surface area contributed by atoms with E-state index in [4.69, 9.17) is 10.5 Å². The number of aromatic nitrogens is 2. The first-order chi connectivity index (χ1) is 6.29. The quantitative estimate of drug-likeness (QED) is 0.683. The van der Waals surface area contributed by atoms with Gasteiger partial charge in [-0.05, 0) is 13.3 Å². The van der Waals surface area contributed by atoms with E-state index in [-0.39, 0.29) is 0 Å². The second-order valence-corrected chi connectivity index (χ2v) is 3.03. The van der Waals surface area contributed by atoms with Crippen molar-refractivity contribution in [1.29, 1.82) is 0 Å². The predicted molar refractivity (Wildman–Crippen MR) is 51.3 cm³/mol. The Morgan fingerprint density at radius 2 is 2.38 bits per heavy atom. The molecule has 0 bridgehead atoms. The molecule has 0 unspecified atom stereocenters. The SMILES string of the molecule is COCCCn1ncc(CN)c1C. The molecule has 0 fully saturated rings. The van der Waals surface area contributed by atoms with Crippen LogP contribution in [-0.2, 0) is 17.8 Å². The lowest BCUT2D eigenvalue weighted by Crippen LogP contribution is -2.06. The van der Waals surface area contributed by atoms with E-state index in [9.17, 15) is 0 Å². The van der Waals surface area contributed by atoms with E-state index in [0.29, 0.717) is 6.54 Å². The van der Waals surface area contributed by atoms with Crippen LogP contribution in [0.5, 0.6) is 0 Å². The lowest BCUT2D eigenvalue weighted by atomic mass is 10.2. The van der Waals surface area contributed by atoms with Crippen LogP contribution < -0.4 is 5.73 Å². The highest BCUT2D eigenvalue weighted by atomic mass is 16.5. The van der Waals surface area contributed by atoms with Gasteiger partial charge >= 0.3 is 0 Å². The smallest absolute Gasteiger partial charge is 0.0537 e. The number of aryl methyl sites for hydroxylation is 1. The summed E-state index contributed by atoms with van der Waals surface area (Å²) < 4.78 is 6.94. The first kappa shape index (κ1) is 10.2. The average Bonchev–Trinajstić information content (AvgIpc) is 2.48. The van der Waals surface area contributed by atoms with Gasteiger partial charge in [-0.25, -0.2) is 0 Å². The van der Waals surface area contributed by atoms with E-state index in [1.54, 1.807) is 7.11 Å². The van der Waals surface area contributed by atoms with Crippen LogP contribution in [-0.4, -0.2) is 23.5 Å². The van der Waals surface area contributed by atoms with Crippen molar-refractivity contribution >= 4 is 0 Å². The highest BCUT2D eigenvalue weighted by Gasteiger charge is 2.03. The minimum absolute atomic E-state index is 0.566. The van der Waals surface area contributed by atoms with Gasteiger partial charge in [0.15, 0.2) is 0 Å². The maximum Gasteiger partial charge on any atom is 0.0537 e. The van der Waals surface area contributed by atoms with Crippen LogP contribution >= 0.6 is 0 Å². The van der Waals surface area contributed by atoms with Gasteiger partial charge in [0.25, 0.3) is 0 Å². The summed E-state index contributed by atoms with van der Waals surface area (Å²) in [6, 6.07) is 0. The fourth-order valence-corrected chi connectivity index (χ4v) is 1.27. The third kappa shape index (κ3) is 2.54. The Labute approximate surface area is 78.7 Å². The minimum atomic E-state index is 0.566. The third-order valence-electron chi connectivity index (χ3n) is 2.14. The molecule has 0 aliphatic carbocycles. The van der Waals surface area contributed by atoms with Gasteiger partial charge in [-0.3, -0.25) is 4.68 Å². The van der Waals surface area contributed by atoms with E-state index < -0.39 is 0 Å². The summed E-state index contributed by atoms with van der Waals surface area (Å²) >= 11 is 0. The Kier molecular flexibility index (Phi) is 3.92. The molecule has 74 valence electrons. The second kappa shape index (κ2) is 4.99. The number of hydrogen-bond acceptors (Lipinski definition) is 3. The Bertz CT molecular complexity index is 257. The standard InChI is InChI=1S/C9H17N3O/c1-8-9(6-10)7-11-12(8)4-3-5-13-2/h7H,3-6,10H2,1-2H3. The highest BCUT2D eigenvalue weighted by Crippen LogP contribution is 2.06. The van der Waals surface area contributed by atoms with Crippen LogP contribution in [0, 0.1) is 6.92 Å². The summed E-state index contributed by atoms with van der Waals surface area (Å²) in [7, 11) is 1.71. The van der Waals surface area contributed by atoms with Gasteiger partial charge in [0.05, 0.1) is 6.20 Å². The molecule has 0 aliphatic rings. The molecule has 1 rings (SSSR count). The number of hydrogen-bond donors (Lipinski definition) is 1. The number of nitrogens with zero attached hydrogens (tertiary/aromatic N) is 2. The molecule has 0 aliphatic heterocycles. The Morgan fingerprint density at radius 1 is 1.62 bits per heavy atom. The van der Waals surface area contributed by atoms with Gasteiger partial charge in [0.2, 0.25) is 0 Å². The summed E-state index contributed by atoms with van der Waals surface area (Å²) in [5.74, 6) is 0. The minimum Gasteiger partial charge on any atom is -0.385 e. The summed E-state index contributed by atoms with van der Waals surface area (Å²) in [5.41, 5.74) is 7.83. The Balaban J connectivity index is 2.51. The maximum atomic E-state index is 5.54. The van der Waals surface area contributed by atoms with Gasteiger partial charge in [0, 0.05) is 38.1 Å². The van der Waals surface area contributed by atoms with Gasteiger partial charge < -0.3 is 10.5 Å². The zero-order valence-corrected chi connectivity index (χ0v) is 8.29. The van der Waals surface area contributed by atoms with Crippen LogP contribution in [0.3, 0.4) is 0 Å². The molecule has 0 amide bonds. The molecule has 1 heterocycles. The lowest BCUT2D eigenvalue weighted by Gasteiger charge is -2.04. The first-order valence-corrected chi connectivity index (χ1v) is 4.50. The summed E-state index contributed by atoms with van der Waals surface area (Å²) in [6.45, 7) is 4.29. The van der Waals surface area contributed by atoms with Crippen molar-refractivity contribution in [3.05, 3.63) is 17.5 Å². The fourth-order valence-electron chi connectivity index (χ4n) is 1.27. The van der Waals surface area contributed by atoms with Crippen LogP contribution in [0.25, 0.3) is 0 Å². The van der Waals surface area contributed by atoms with Crippen molar-refractivity contribution in [3.8, 4) is 0 Å². The van der Waals surface area contributed by atoms with Crippen LogP contribution in [0.1, 0.15) is 17.7 Å². The normalized spacial score (nSPS) is 10.7. The van der Waals surface area contributed by atoms with Crippen molar-refractivity contribution in [3.63, 3.8) is 0 Å². The molecule has 2 N–H and O–H groups in total. The van der Waals surface area contributed by atoms with Crippen molar-refractivity contribution in [2.75, 3.05) is 13.7 Å². The van der Waals surface area contributed by atoms with Crippen molar-refractivity contribution in [2.45, 2.75) is 26.4 Å². The second-order valence-electron chi connectivity index (χ2n) is 3.03. The molecule has 4 heteroatoms. The van der Waals surface area contributed by atoms with Gasteiger partial charge in [-0.1, -0.05) is 0 Å². The number of rotatable bonds is 5. The molecule has 4 nitrogen and oxygen atoms in total. The highest BCUT2D eigenvalue weighted by molar-refractivity contribution is 5.15. The molecule has 1 aromatic heterocycles. The molecule has 0 radical (unpaired) electrons. The van der Waals surface area contributed by atoms with Crippen molar-refractivity contribution < 1.29 is 4.74 Å². The van der Waals surface area contributed by atoms with Crippen LogP contribution in [0.15, 0.2) is 6.20 Å². The molecular weight excluding hydrogens is 166 g/mol. The Morgan fingerprint density at radius 3 is 2.92 bits per heavy atom. The Hall–Kier alpha value is -0.870. The molecule has 0 saturated heterocycles. The topological polar surface area (TPSA) is 53.1 Å². The van der Waals surface area contributed by atoms with Crippen LogP contribution in [0.2, 0.25) is 0 Å². The van der Waals surface area contributed by atoms with Gasteiger partial charge in [-0.2, -0.15) is 5.10 Å². The summed E-state index contributed by atoms with van der Waals surface area (Å²) in [6.07, 6.45) is 2.82. The van der Waals surface area contributed by atoms with Gasteiger partial charge in [0.1, 0.15) is 0 Å². The van der Waals surface area contributed by atoms with E-state index in [2.05, 4.69) is 5.10 Å². The molecular formula is C9H17N3O. The van der Waals surface area contributed by atoms with E-state index in [1.165, 1.54) is 5.69 Å². The zero-order valence-electron chi connectivity index (χ0n) is 8.29. The first-order valence-electron chi connectivity index (χ1n) is 4.50.